The first-order valence-corrected chi connectivity index (χ1v) is 9.81. The Hall–Kier alpha value is -2.70. The SMILES string of the molecule is COc1c(Cc2ccc(-c3ncc(I)c(Cl)c3C#N)cc2)cc(F)cc1C(N)=O. The van der Waals surface area contributed by atoms with Gasteiger partial charge in [0.1, 0.15) is 17.6 Å². The smallest absolute Gasteiger partial charge is 0.252 e. The number of carbonyl (C=O) groups is 1. The van der Waals surface area contributed by atoms with Crippen LogP contribution in [0, 0.1) is 20.7 Å². The molecule has 3 rings (SSSR count). The number of methoxy groups -OCH3 is 1. The molecule has 1 heterocycles. The number of hydrogen-bond acceptors (Lipinski definition) is 4. The van der Waals surface area contributed by atoms with Gasteiger partial charge < -0.3 is 10.5 Å². The van der Waals surface area contributed by atoms with Gasteiger partial charge in [-0.15, -0.1) is 0 Å². The summed E-state index contributed by atoms with van der Waals surface area (Å²) in [5.41, 5.74) is 8.20. The Morgan fingerprint density at radius 3 is 2.62 bits per heavy atom. The van der Waals surface area contributed by atoms with Gasteiger partial charge in [-0.25, -0.2) is 4.39 Å². The number of aromatic nitrogens is 1. The highest BCUT2D eigenvalue weighted by Crippen LogP contribution is 2.31. The van der Waals surface area contributed by atoms with Crippen LogP contribution in [0.25, 0.3) is 11.3 Å². The number of hydrogen-bond donors (Lipinski definition) is 1. The van der Waals surface area contributed by atoms with E-state index in [2.05, 4.69) is 11.1 Å². The predicted octanol–water partition coefficient (Wildman–Crippen LogP) is 4.72. The van der Waals surface area contributed by atoms with Crippen LogP contribution in [0.3, 0.4) is 0 Å². The summed E-state index contributed by atoms with van der Waals surface area (Å²) in [7, 11) is 1.40. The molecule has 146 valence electrons. The molecule has 1 aromatic heterocycles. The van der Waals surface area contributed by atoms with Gasteiger partial charge in [0.15, 0.2) is 0 Å². The molecule has 0 aliphatic rings. The van der Waals surface area contributed by atoms with E-state index in [0.717, 1.165) is 17.2 Å². The summed E-state index contributed by atoms with van der Waals surface area (Å²) in [5.74, 6) is -1.08. The highest BCUT2D eigenvalue weighted by Gasteiger charge is 2.17. The molecule has 2 aromatic carbocycles. The molecule has 8 heteroatoms. The molecule has 0 saturated carbocycles. The van der Waals surface area contributed by atoms with Gasteiger partial charge in [0.25, 0.3) is 5.91 Å². The molecule has 0 spiro atoms. The van der Waals surface area contributed by atoms with Crippen LogP contribution in [0.15, 0.2) is 42.6 Å². The number of benzene rings is 2. The third-order valence-corrected chi connectivity index (χ3v) is 5.84. The monoisotopic (exact) mass is 521 g/mol. The number of ether oxygens (including phenoxy) is 1. The van der Waals surface area contributed by atoms with E-state index < -0.39 is 11.7 Å². The molecular weight excluding hydrogens is 508 g/mol. The van der Waals surface area contributed by atoms with Gasteiger partial charge in [0.05, 0.1) is 32.5 Å². The summed E-state index contributed by atoms with van der Waals surface area (Å²) in [6.07, 6.45) is 1.93. The molecule has 5 nitrogen and oxygen atoms in total. The summed E-state index contributed by atoms with van der Waals surface area (Å²) in [6, 6.07) is 11.7. The molecule has 29 heavy (non-hydrogen) atoms. The summed E-state index contributed by atoms with van der Waals surface area (Å²) in [6.45, 7) is 0. The standard InChI is InChI=1S/C21H14ClFIN3O2/c1-29-20-13(7-14(23)8-15(20)21(26)28)6-11-2-4-12(5-3-11)19-16(9-25)18(22)17(24)10-27-19/h2-5,7-8,10H,6H2,1H3,(H2,26,28). The molecule has 0 unspecified atom stereocenters. The van der Waals surface area contributed by atoms with Gasteiger partial charge >= 0.3 is 0 Å². The number of primary amides is 1. The zero-order chi connectivity index (χ0) is 21.1. The fraction of sp³-hybridized carbons (Fsp3) is 0.0952. The fourth-order valence-electron chi connectivity index (χ4n) is 2.99. The summed E-state index contributed by atoms with van der Waals surface area (Å²) in [4.78, 5) is 15.9. The zero-order valence-electron chi connectivity index (χ0n) is 15.2. The molecule has 1 amide bonds. The van der Waals surface area contributed by atoms with Crippen molar-refractivity contribution in [3.05, 3.63) is 79.3 Å². The van der Waals surface area contributed by atoms with Crippen molar-refractivity contribution in [2.45, 2.75) is 6.42 Å². The minimum Gasteiger partial charge on any atom is -0.496 e. The van der Waals surface area contributed by atoms with Crippen LogP contribution < -0.4 is 10.5 Å². The highest BCUT2D eigenvalue weighted by molar-refractivity contribution is 14.1. The maximum Gasteiger partial charge on any atom is 0.252 e. The first-order chi connectivity index (χ1) is 13.8. The van der Waals surface area contributed by atoms with Crippen LogP contribution in [-0.4, -0.2) is 18.0 Å². The molecule has 0 radical (unpaired) electrons. The van der Waals surface area contributed by atoms with E-state index in [1.54, 1.807) is 6.20 Å². The molecule has 0 bridgehead atoms. The predicted molar refractivity (Wildman–Crippen MR) is 116 cm³/mol. The van der Waals surface area contributed by atoms with Crippen molar-refractivity contribution in [3.8, 4) is 23.1 Å². The minimum absolute atomic E-state index is 0.00416. The van der Waals surface area contributed by atoms with E-state index in [9.17, 15) is 14.4 Å². The maximum atomic E-state index is 13.9. The first-order valence-electron chi connectivity index (χ1n) is 8.35. The number of carbonyl (C=O) groups excluding carboxylic acids is 1. The number of amides is 1. The second-order valence-corrected chi connectivity index (χ2v) is 7.68. The van der Waals surface area contributed by atoms with Gasteiger partial charge in [-0.1, -0.05) is 35.9 Å². The normalized spacial score (nSPS) is 10.4. The molecule has 0 fully saturated rings. The van der Waals surface area contributed by atoms with Crippen molar-refractivity contribution in [1.29, 1.82) is 5.26 Å². The Labute approximate surface area is 185 Å². The largest absolute Gasteiger partial charge is 0.496 e. The van der Waals surface area contributed by atoms with Crippen molar-refractivity contribution in [1.82, 2.24) is 4.98 Å². The number of halogens is 3. The lowest BCUT2D eigenvalue weighted by molar-refractivity contribution is 0.0996. The Morgan fingerprint density at radius 2 is 2.03 bits per heavy atom. The highest BCUT2D eigenvalue weighted by atomic mass is 127. The Kier molecular flexibility index (Phi) is 6.35. The van der Waals surface area contributed by atoms with Crippen LogP contribution in [0.5, 0.6) is 5.75 Å². The molecule has 2 N–H and O–H groups in total. The number of nitrogens with zero attached hydrogens (tertiary/aromatic N) is 2. The molecule has 3 aromatic rings. The first kappa shape index (κ1) is 21.0. The molecule has 0 aliphatic heterocycles. The number of pyridine rings is 1. The molecular formula is C21H14ClFIN3O2. The van der Waals surface area contributed by atoms with Crippen molar-refractivity contribution < 1.29 is 13.9 Å². The molecule has 0 saturated heterocycles. The van der Waals surface area contributed by atoms with Gasteiger partial charge in [-0.2, -0.15) is 5.26 Å². The quantitative estimate of drug-likeness (QED) is 0.492. The van der Waals surface area contributed by atoms with E-state index in [0.29, 0.717) is 31.8 Å². The van der Waals surface area contributed by atoms with Crippen molar-refractivity contribution >= 4 is 40.1 Å². The zero-order valence-corrected chi connectivity index (χ0v) is 18.1. The van der Waals surface area contributed by atoms with Gasteiger partial charge in [0, 0.05) is 23.7 Å². The summed E-state index contributed by atoms with van der Waals surface area (Å²) >= 11 is 8.24. The summed E-state index contributed by atoms with van der Waals surface area (Å²) in [5, 5.41) is 9.79. The lowest BCUT2D eigenvalue weighted by Crippen LogP contribution is -2.14. The van der Waals surface area contributed by atoms with Crippen LogP contribution in [0.1, 0.15) is 27.0 Å². The Balaban J connectivity index is 1.97. The molecule has 0 atom stereocenters. The third-order valence-electron chi connectivity index (χ3n) is 4.31. The van der Waals surface area contributed by atoms with E-state index >= 15 is 0 Å². The van der Waals surface area contributed by atoms with Crippen LogP contribution in [0.2, 0.25) is 5.02 Å². The topological polar surface area (TPSA) is 89.0 Å². The van der Waals surface area contributed by atoms with Crippen molar-refractivity contribution in [3.63, 3.8) is 0 Å². The summed E-state index contributed by atoms with van der Waals surface area (Å²) < 4.78 is 19.9. The number of nitriles is 1. The molecule has 0 aliphatic carbocycles. The lowest BCUT2D eigenvalue weighted by atomic mass is 9.98. The van der Waals surface area contributed by atoms with E-state index in [-0.39, 0.29) is 11.3 Å². The van der Waals surface area contributed by atoms with Gasteiger partial charge in [0.2, 0.25) is 0 Å². The van der Waals surface area contributed by atoms with Gasteiger partial charge in [-0.3, -0.25) is 9.78 Å². The fourth-order valence-corrected chi connectivity index (χ4v) is 3.58. The average molecular weight is 522 g/mol. The number of nitrogens with two attached hydrogens (primary N) is 1. The van der Waals surface area contributed by atoms with E-state index in [1.807, 2.05) is 46.9 Å². The lowest BCUT2D eigenvalue weighted by Gasteiger charge is -2.13. The Morgan fingerprint density at radius 1 is 1.34 bits per heavy atom. The van der Waals surface area contributed by atoms with Crippen LogP contribution in [0.4, 0.5) is 4.39 Å². The second kappa shape index (κ2) is 8.76. The van der Waals surface area contributed by atoms with Crippen molar-refractivity contribution in [2.75, 3.05) is 7.11 Å². The number of rotatable bonds is 5. The van der Waals surface area contributed by atoms with Gasteiger partial charge in [-0.05, 0) is 40.3 Å². The second-order valence-electron chi connectivity index (χ2n) is 6.14. The third kappa shape index (κ3) is 4.33. The average Bonchev–Trinajstić information content (AvgIpc) is 2.70. The Bertz CT molecular complexity index is 1140. The van der Waals surface area contributed by atoms with E-state index in [1.165, 1.54) is 13.2 Å². The minimum atomic E-state index is -0.761. The maximum absolute atomic E-state index is 13.9. The van der Waals surface area contributed by atoms with Crippen LogP contribution >= 0.6 is 34.2 Å². The van der Waals surface area contributed by atoms with Crippen LogP contribution in [-0.2, 0) is 6.42 Å². The van der Waals surface area contributed by atoms with E-state index in [4.69, 9.17) is 22.1 Å². The van der Waals surface area contributed by atoms with Crippen molar-refractivity contribution in [2.24, 2.45) is 5.73 Å².